The summed E-state index contributed by atoms with van der Waals surface area (Å²) in [5.41, 5.74) is 6.65. The predicted molar refractivity (Wildman–Crippen MR) is 94.5 cm³/mol. The van der Waals surface area contributed by atoms with E-state index in [1.807, 2.05) is 54.7 Å². The number of H-pyrrole nitrogens is 1. The molecule has 0 fully saturated rings. The third-order valence-corrected chi connectivity index (χ3v) is 4.72. The zero-order valence-electron chi connectivity index (χ0n) is 12.2. The van der Waals surface area contributed by atoms with Gasteiger partial charge in [0.05, 0.1) is 11.6 Å². The summed E-state index contributed by atoms with van der Waals surface area (Å²) in [7, 11) is 0. The third-order valence-electron chi connectivity index (χ3n) is 4.19. The van der Waals surface area contributed by atoms with E-state index in [9.17, 15) is 4.79 Å². The van der Waals surface area contributed by atoms with Crippen molar-refractivity contribution in [2.75, 3.05) is 0 Å². The molecule has 4 nitrogen and oxygen atoms in total. The van der Waals surface area contributed by atoms with Crippen LogP contribution in [0.15, 0.2) is 64.3 Å². The van der Waals surface area contributed by atoms with Gasteiger partial charge in [-0.25, -0.2) is 5.43 Å². The number of carbonyl (C=O) groups excluding carboxylic acids is 1. The molecule has 5 heteroatoms. The highest BCUT2D eigenvalue weighted by Gasteiger charge is 2.29. The van der Waals surface area contributed by atoms with E-state index in [-0.39, 0.29) is 11.8 Å². The number of amides is 1. The van der Waals surface area contributed by atoms with Gasteiger partial charge in [0.15, 0.2) is 0 Å². The zero-order chi connectivity index (χ0) is 15.8. The van der Waals surface area contributed by atoms with Gasteiger partial charge in [-0.3, -0.25) is 4.79 Å². The second kappa shape index (κ2) is 5.66. The van der Waals surface area contributed by atoms with Crippen LogP contribution in [-0.2, 0) is 4.79 Å². The van der Waals surface area contributed by atoms with E-state index in [0.717, 1.165) is 32.2 Å². The first-order chi connectivity index (χ1) is 11.2. The van der Waals surface area contributed by atoms with E-state index >= 15 is 0 Å². The number of carbonyl (C=O) groups is 1. The van der Waals surface area contributed by atoms with Crippen molar-refractivity contribution in [1.29, 1.82) is 0 Å². The number of rotatable bonds is 2. The van der Waals surface area contributed by atoms with E-state index in [0.29, 0.717) is 6.42 Å². The second-order valence-corrected chi connectivity index (χ2v) is 6.50. The van der Waals surface area contributed by atoms with Gasteiger partial charge in [-0.05, 0) is 29.3 Å². The maximum Gasteiger partial charge on any atom is 0.248 e. The van der Waals surface area contributed by atoms with Crippen molar-refractivity contribution >= 4 is 38.5 Å². The van der Waals surface area contributed by atoms with Crippen molar-refractivity contribution in [1.82, 2.24) is 10.4 Å². The van der Waals surface area contributed by atoms with E-state index in [4.69, 9.17) is 0 Å². The minimum Gasteiger partial charge on any atom is -0.361 e. The summed E-state index contributed by atoms with van der Waals surface area (Å²) in [5, 5.41) is 5.33. The van der Waals surface area contributed by atoms with Crippen LogP contribution in [0, 0.1) is 0 Å². The second-order valence-electron chi connectivity index (χ2n) is 5.59. The number of para-hydroxylation sites is 1. The van der Waals surface area contributed by atoms with Crippen LogP contribution < -0.4 is 5.43 Å². The quantitative estimate of drug-likeness (QED) is 0.707. The Morgan fingerprint density at radius 1 is 1.09 bits per heavy atom. The Bertz CT molecular complexity index is 911. The van der Waals surface area contributed by atoms with Crippen molar-refractivity contribution in [2.24, 2.45) is 5.10 Å². The average Bonchev–Trinajstić information content (AvgIpc) is 3.00. The number of fused-ring (bicyclic) bond motifs is 1. The molecule has 0 spiro atoms. The van der Waals surface area contributed by atoms with Crippen LogP contribution in [0.4, 0.5) is 0 Å². The lowest BCUT2D eigenvalue weighted by atomic mass is 9.89. The van der Waals surface area contributed by atoms with Gasteiger partial charge in [-0.1, -0.05) is 46.3 Å². The number of nitrogens with one attached hydrogen (secondary N) is 2. The maximum absolute atomic E-state index is 12.3. The molecule has 0 saturated carbocycles. The monoisotopic (exact) mass is 367 g/mol. The topological polar surface area (TPSA) is 57.2 Å². The number of hydrogen-bond donors (Lipinski definition) is 2. The summed E-state index contributed by atoms with van der Waals surface area (Å²) in [4.78, 5) is 15.6. The fraction of sp³-hybridized carbons (Fsp3) is 0.111. The minimum atomic E-state index is -0.234. The molecule has 1 amide bonds. The van der Waals surface area contributed by atoms with Crippen molar-refractivity contribution in [3.05, 3.63) is 70.3 Å². The molecule has 2 heterocycles. The Hall–Kier alpha value is -2.40. The lowest BCUT2D eigenvalue weighted by Crippen LogP contribution is -2.33. The molecule has 4 rings (SSSR count). The zero-order valence-corrected chi connectivity index (χ0v) is 13.8. The molecule has 1 aliphatic heterocycles. The number of halogens is 1. The molecule has 23 heavy (non-hydrogen) atoms. The van der Waals surface area contributed by atoms with E-state index < -0.39 is 0 Å². The van der Waals surface area contributed by atoms with Gasteiger partial charge < -0.3 is 4.98 Å². The molecule has 114 valence electrons. The smallest absolute Gasteiger partial charge is 0.248 e. The lowest BCUT2D eigenvalue weighted by molar-refractivity contribution is -0.122. The van der Waals surface area contributed by atoms with Crippen molar-refractivity contribution in [2.45, 2.75) is 12.3 Å². The van der Waals surface area contributed by atoms with Crippen LogP contribution in [0.3, 0.4) is 0 Å². The molecular weight excluding hydrogens is 354 g/mol. The standard InChI is InChI=1S/C18H14BrN3O/c19-12-7-5-11(6-8-12)17-9-14(18(23)22-21-17)15-10-20-16-4-2-1-3-13(15)16/h1-8,10,14,20H,9H2,(H,22,23)/t14-/m0/s1. The Morgan fingerprint density at radius 3 is 2.70 bits per heavy atom. The van der Waals surface area contributed by atoms with Crippen molar-refractivity contribution < 1.29 is 4.79 Å². The highest BCUT2D eigenvalue weighted by atomic mass is 79.9. The van der Waals surface area contributed by atoms with E-state index in [1.54, 1.807) is 0 Å². The number of hydrogen-bond acceptors (Lipinski definition) is 2. The molecule has 0 radical (unpaired) electrons. The Morgan fingerprint density at radius 2 is 1.87 bits per heavy atom. The summed E-state index contributed by atoms with van der Waals surface area (Å²) >= 11 is 3.44. The summed E-state index contributed by atoms with van der Waals surface area (Å²) in [6.07, 6.45) is 2.52. The minimum absolute atomic E-state index is 0.0596. The number of aromatic amines is 1. The van der Waals surface area contributed by atoms with E-state index in [1.165, 1.54) is 0 Å². The molecule has 0 unspecified atom stereocenters. The summed E-state index contributed by atoms with van der Waals surface area (Å²) < 4.78 is 1.02. The molecule has 3 aromatic rings. The van der Waals surface area contributed by atoms with Crippen LogP contribution in [0.25, 0.3) is 10.9 Å². The summed E-state index contributed by atoms with van der Waals surface area (Å²) in [6.45, 7) is 0. The van der Waals surface area contributed by atoms with Crippen LogP contribution in [0.1, 0.15) is 23.5 Å². The molecule has 1 aliphatic rings. The third kappa shape index (κ3) is 2.57. The number of nitrogens with zero attached hydrogens (tertiary/aromatic N) is 1. The first-order valence-corrected chi connectivity index (χ1v) is 8.20. The largest absolute Gasteiger partial charge is 0.361 e. The highest BCUT2D eigenvalue weighted by Crippen LogP contribution is 2.31. The number of hydrazone groups is 1. The summed E-state index contributed by atoms with van der Waals surface area (Å²) in [6, 6.07) is 16.0. The van der Waals surface area contributed by atoms with Crippen molar-refractivity contribution in [3.8, 4) is 0 Å². The fourth-order valence-corrected chi connectivity index (χ4v) is 3.25. The van der Waals surface area contributed by atoms with Gasteiger partial charge in [0.1, 0.15) is 0 Å². The highest BCUT2D eigenvalue weighted by molar-refractivity contribution is 9.10. The van der Waals surface area contributed by atoms with Crippen LogP contribution >= 0.6 is 15.9 Å². The fourth-order valence-electron chi connectivity index (χ4n) is 2.99. The Labute approximate surface area is 141 Å². The first kappa shape index (κ1) is 14.2. The lowest BCUT2D eigenvalue weighted by Gasteiger charge is -2.21. The van der Waals surface area contributed by atoms with Gasteiger partial charge in [0.25, 0.3) is 0 Å². The Balaban J connectivity index is 1.71. The SMILES string of the molecule is O=C1NN=C(c2ccc(Br)cc2)C[C@H]1c1c[nH]c2ccccc12. The molecule has 0 saturated heterocycles. The van der Waals surface area contributed by atoms with E-state index in [2.05, 4.69) is 31.4 Å². The average molecular weight is 368 g/mol. The molecular formula is C18H14BrN3O. The molecule has 2 N–H and O–H groups in total. The summed E-state index contributed by atoms with van der Waals surface area (Å²) in [5.74, 6) is -0.294. The van der Waals surface area contributed by atoms with Crippen molar-refractivity contribution in [3.63, 3.8) is 0 Å². The predicted octanol–water partition coefficient (Wildman–Crippen LogP) is 3.94. The first-order valence-electron chi connectivity index (χ1n) is 7.41. The normalized spacial score (nSPS) is 17.9. The molecule has 0 bridgehead atoms. The maximum atomic E-state index is 12.3. The molecule has 2 aromatic carbocycles. The van der Waals surface area contributed by atoms with Gasteiger partial charge >= 0.3 is 0 Å². The molecule has 1 aromatic heterocycles. The van der Waals surface area contributed by atoms with Gasteiger partial charge in [-0.2, -0.15) is 5.10 Å². The van der Waals surface area contributed by atoms with Gasteiger partial charge in [0.2, 0.25) is 5.91 Å². The van der Waals surface area contributed by atoms with Gasteiger partial charge in [-0.15, -0.1) is 0 Å². The number of benzene rings is 2. The van der Waals surface area contributed by atoms with Crippen LogP contribution in [0.2, 0.25) is 0 Å². The van der Waals surface area contributed by atoms with Crippen LogP contribution in [-0.4, -0.2) is 16.6 Å². The number of aromatic nitrogens is 1. The van der Waals surface area contributed by atoms with Gasteiger partial charge in [0, 0.05) is 28.0 Å². The Kier molecular flexibility index (Phi) is 3.50. The van der Waals surface area contributed by atoms with Crippen LogP contribution in [0.5, 0.6) is 0 Å². The molecule has 1 atom stereocenters. The molecule has 0 aliphatic carbocycles.